The summed E-state index contributed by atoms with van der Waals surface area (Å²) in [5.74, 6) is 0.295. The van der Waals surface area contributed by atoms with Gasteiger partial charge < -0.3 is 28.5 Å². The number of carbonyl (C=O) groups excluding carboxylic acids is 1. The number of benzene rings is 1. The van der Waals surface area contributed by atoms with Crippen LogP contribution in [0.2, 0.25) is 0 Å². The lowest BCUT2D eigenvalue weighted by atomic mass is 10.2. The van der Waals surface area contributed by atoms with Crippen LogP contribution in [0.3, 0.4) is 0 Å². The highest BCUT2D eigenvalue weighted by atomic mass is 79.9. The molecule has 8 nitrogen and oxygen atoms in total. The first-order valence-electron chi connectivity index (χ1n) is 8.56. The van der Waals surface area contributed by atoms with Crippen molar-refractivity contribution in [1.82, 2.24) is 0 Å². The summed E-state index contributed by atoms with van der Waals surface area (Å²) in [4.78, 5) is 17.0. The van der Waals surface area contributed by atoms with E-state index in [0.717, 1.165) is 0 Å². The number of oxime groups is 1. The van der Waals surface area contributed by atoms with Gasteiger partial charge in [-0.2, -0.15) is 0 Å². The zero-order valence-electron chi connectivity index (χ0n) is 16.3. The number of halogens is 1. The molecule has 1 atom stereocenters. The maximum atomic E-state index is 11.8. The lowest BCUT2D eigenvalue weighted by molar-refractivity contribution is -0.147. The number of hydrogen-bond donors (Lipinski definition) is 0. The predicted octanol–water partition coefficient (Wildman–Crippen LogP) is 2.97. The molecule has 0 N–H and O–H groups in total. The zero-order chi connectivity index (χ0) is 20.8. The standard InChI is InChI=1S/C19H26BrNO7/c1-5-14(2)28-21-12-15-6-7-16(24-4)19(18(15)20)27-13-17(22)26-11-10-25-9-8-23-3/h5-7,12,14H,1,8-11,13H2,2-4H3/b21-12+. The third-order valence-electron chi connectivity index (χ3n) is 3.32. The molecule has 156 valence electrons. The lowest BCUT2D eigenvalue weighted by Crippen LogP contribution is -2.18. The predicted molar refractivity (Wildman–Crippen MR) is 108 cm³/mol. The van der Waals surface area contributed by atoms with Crippen LogP contribution in [0.5, 0.6) is 11.5 Å². The van der Waals surface area contributed by atoms with Gasteiger partial charge in [0.05, 0.1) is 37.6 Å². The topological polar surface area (TPSA) is 84.8 Å². The Kier molecular flexibility index (Phi) is 11.9. The molecule has 0 aromatic heterocycles. The first-order valence-corrected chi connectivity index (χ1v) is 9.36. The van der Waals surface area contributed by atoms with Gasteiger partial charge in [0.1, 0.15) is 12.7 Å². The Morgan fingerprint density at radius 1 is 1.25 bits per heavy atom. The van der Waals surface area contributed by atoms with Crippen LogP contribution in [-0.2, 0) is 23.8 Å². The van der Waals surface area contributed by atoms with Gasteiger partial charge in [-0.05, 0) is 41.1 Å². The molecule has 0 bridgehead atoms. The molecule has 1 aromatic carbocycles. The largest absolute Gasteiger partial charge is 0.493 e. The summed E-state index contributed by atoms with van der Waals surface area (Å²) in [5, 5.41) is 3.90. The maximum absolute atomic E-state index is 11.8. The van der Waals surface area contributed by atoms with E-state index >= 15 is 0 Å². The van der Waals surface area contributed by atoms with Crippen LogP contribution in [-0.4, -0.2) is 65.5 Å². The molecular formula is C19H26BrNO7. The first-order chi connectivity index (χ1) is 13.5. The molecule has 0 spiro atoms. The molecule has 28 heavy (non-hydrogen) atoms. The van der Waals surface area contributed by atoms with Crippen LogP contribution in [0.1, 0.15) is 12.5 Å². The Hall–Kier alpha value is -2.10. The highest BCUT2D eigenvalue weighted by Gasteiger charge is 2.15. The number of rotatable bonds is 14. The number of ether oxygens (including phenoxy) is 5. The van der Waals surface area contributed by atoms with Gasteiger partial charge in [0.15, 0.2) is 18.1 Å². The third kappa shape index (κ3) is 8.73. The molecule has 0 aliphatic heterocycles. The molecule has 0 aliphatic rings. The molecule has 9 heteroatoms. The van der Waals surface area contributed by atoms with E-state index in [4.69, 9.17) is 28.5 Å². The average molecular weight is 460 g/mol. The Balaban J connectivity index is 2.61. The normalized spacial score (nSPS) is 11.9. The molecule has 0 aliphatic carbocycles. The van der Waals surface area contributed by atoms with Crippen molar-refractivity contribution in [1.29, 1.82) is 0 Å². The Labute approximate surface area is 173 Å². The quantitative estimate of drug-likeness (QED) is 0.139. The molecule has 0 saturated heterocycles. The van der Waals surface area contributed by atoms with Gasteiger partial charge >= 0.3 is 5.97 Å². The number of nitrogens with zero attached hydrogens (tertiary/aromatic N) is 1. The summed E-state index contributed by atoms with van der Waals surface area (Å²) in [6.07, 6.45) is 2.94. The van der Waals surface area contributed by atoms with E-state index in [0.29, 0.717) is 34.7 Å². The molecule has 1 unspecified atom stereocenters. The smallest absolute Gasteiger partial charge is 0.344 e. The van der Waals surface area contributed by atoms with E-state index in [1.54, 1.807) is 25.3 Å². The van der Waals surface area contributed by atoms with Gasteiger partial charge in [0.25, 0.3) is 0 Å². The van der Waals surface area contributed by atoms with Gasteiger partial charge in [-0.3, -0.25) is 0 Å². The van der Waals surface area contributed by atoms with E-state index in [9.17, 15) is 4.79 Å². The van der Waals surface area contributed by atoms with Crippen molar-refractivity contribution >= 4 is 28.1 Å². The molecule has 0 radical (unpaired) electrons. The van der Waals surface area contributed by atoms with Gasteiger partial charge in [0.2, 0.25) is 0 Å². The second-order valence-electron chi connectivity index (χ2n) is 5.40. The zero-order valence-corrected chi connectivity index (χ0v) is 17.9. The summed E-state index contributed by atoms with van der Waals surface area (Å²) in [6.45, 7) is 6.51. The molecule has 0 heterocycles. The second kappa shape index (κ2) is 14.0. The monoisotopic (exact) mass is 459 g/mol. The lowest BCUT2D eigenvalue weighted by Gasteiger charge is -2.14. The summed E-state index contributed by atoms with van der Waals surface area (Å²) >= 11 is 3.44. The fraction of sp³-hybridized carbons (Fsp3) is 0.474. The Bertz CT molecular complexity index is 651. The van der Waals surface area contributed by atoms with Crippen molar-refractivity contribution in [3.8, 4) is 11.5 Å². The van der Waals surface area contributed by atoms with Gasteiger partial charge in [-0.25, -0.2) is 4.79 Å². The highest BCUT2D eigenvalue weighted by molar-refractivity contribution is 9.10. The minimum atomic E-state index is -0.522. The maximum Gasteiger partial charge on any atom is 0.344 e. The summed E-state index contributed by atoms with van der Waals surface area (Å²) in [5.41, 5.74) is 0.687. The van der Waals surface area contributed by atoms with E-state index in [1.807, 2.05) is 6.92 Å². The molecule has 0 amide bonds. The van der Waals surface area contributed by atoms with Gasteiger partial charge in [-0.15, -0.1) is 0 Å². The number of carbonyl (C=O) groups is 1. The fourth-order valence-electron chi connectivity index (χ4n) is 1.81. The van der Waals surface area contributed by atoms with Crippen LogP contribution >= 0.6 is 15.9 Å². The Morgan fingerprint density at radius 2 is 2.00 bits per heavy atom. The summed E-state index contributed by atoms with van der Waals surface area (Å²) < 4.78 is 26.6. The number of esters is 1. The van der Waals surface area contributed by atoms with Crippen LogP contribution < -0.4 is 9.47 Å². The Morgan fingerprint density at radius 3 is 2.68 bits per heavy atom. The van der Waals surface area contributed by atoms with Crippen molar-refractivity contribution in [3.63, 3.8) is 0 Å². The second-order valence-corrected chi connectivity index (χ2v) is 6.19. The fourth-order valence-corrected chi connectivity index (χ4v) is 2.35. The van der Waals surface area contributed by atoms with Crippen LogP contribution in [0.15, 0.2) is 34.4 Å². The molecule has 0 saturated carbocycles. The van der Waals surface area contributed by atoms with Crippen molar-refractivity contribution in [2.45, 2.75) is 13.0 Å². The van der Waals surface area contributed by atoms with Crippen molar-refractivity contribution in [2.24, 2.45) is 5.16 Å². The third-order valence-corrected chi connectivity index (χ3v) is 4.14. The van der Waals surface area contributed by atoms with Crippen LogP contribution in [0.25, 0.3) is 0 Å². The van der Waals surface area contributed by atoms with E-state index in [-0.39, 0.29) is 25.9 Å². The average Bonchev–Trinajstić information content (AvgIpc) is 2.70. The minimum absolute atomic E-state index is 0.135. The molecule has 1 rings (SSSR count). The van der Waals surface area contributed by atoms with Crippen molar-refractivity contribution in [3.05, 3.63) is 34.8 Å². The molecule has 1 aromatic rings. The van der Waals surface area contributed by atoms with Crippen molar-refractivity contribution < 1.29 is 33.3 Å². The van der Waals surface area contributed by atoms with Crippen LogP contribution in [0.4, 0.5) is 0 Å². The first kappa shape index (κ1) is 23.9. The van der Waals surface area contributed by atoms with Gasteiger partial charge in [-0.1, -0.05) is 11.7 Å². The summed E-state index contributed by atoms with van der Waals surface area (Å²) in [6, 6.07) is 3.48. The SMILES string of the molecule is C=CC(C)O/N=C/c1ccc(OC)c(OCC(=O)OCCOCCOC)c1Br. The molecule has 0 fully saturated rings. The number of methoxy groups -OCH3 is 2. The van der Waals surface area contributed by atoms with Gasteiger partial charge in [0, 0.05) is 12.7 Å². The van der Waals surface area contributed by atoms with E-state index in [1.165, 1.54) is 13.3 Å². The van der Waals surface area contributed by atoms with Crippen molar-refractivity contribution in [2.75, 3.05) is 47.3 Å². The summed E-state index contributed by atoms with van der Waals surface area (Å²) in [7, 11) is 3.09. The highest BCUT2D eigenvalue weighted by Crippen LogP contribution is 2.37. The van der Waals surface area contributed by atoms with E-state index in [2.05, 4.69) is 27.7 Å². The van der Waals surface area contributed by atoms with E-state index < -0.39 is 5.97 Å². The molecular weight excluding hydrogens is 434 g/mol. The number of hydrogen-bond acceptors (Lipinski definition) is 8. The van der Waals surface area contributed by atoms with Crippen LogP contribution in [0, 0.1) is 0 Å². The minimum Gasteiger partial charge on any atom is -0.493 e.